The number of nitrogen functional groups attached to an aromatic ring is 1. The molecule has 0 saturated heterocycles. The van der Waals surface area contributed by atoms with Crippen LogP contribution in [0.25, 0.3) is 22.2 Å². The average molecular weight is 499 g/mol. The van der Waals surface area contributed by atoms with Crippen molar-refractivity contribution in [3.05, 3.63) is 59.9 Å². The van der Waals surface area contributed by atoms with Gasteiger partial charge in [0.05, 0.1) is 17.1 Å². The van der Waals surface area contributed by atoms with Gasteiger partial charge in [0.15, 0.2) is 0 Å². The van der Waals surface area contributed by atoms with Gasteiger partial charge in [-0.2, -0.15) is 0 Å². The van der Waals surface area contributed by atoms with Crippen molar-refractivity contribution in [1.82, 2.24) is 24.3 Å². The van der Waals surface area contributed by atoms with E-state index in [1.165, 1.54) is 0 Å². The predicted molar refractivity (Wildman–Crippen MR) is 151 cm³/mol. The summed E-state index contributed by atoms with van der Waals surface area (Å²) in [6.45, 7) is 5.29. The van der Waals surface area contributed by atoms with E-state index >= 15 is 0 Å². The molecule has 5 rings (SSSR count). The van der Waals surface area contributed by atoms with Crippen LogP contribution in [-0.2, 0) is 6.54 Å². The fourth-order valence-corrected chi connectivity index (χ4v) is 4.87. The molecule has 0 saturated carbocycles. The number of carbonyl (C=O) groups excluding carboxylic acids is 1. The van der Waals surface area contributed by atoms with Crippen molar-refractivity contribution in [3.8, 4) is 11.3 Å². The van der Waals surface area contributed by atoms with E-state index in [-0.39, 0.29) is 5.91 Å². The Bertz CT molecular complexity index is 1470. The lowest BCUT2D eigenvalue weighted by Crippen LogP contribution is -2.37. The highest BCUT2D eigenvalue weighted by Gasteiger charge is 2.30. The number of fused-ring (bicyclic) bond motifs is 3. The number of nitrogens with two attached hydrogens (primary N) is 1. The second kappa shape index (κ2) is 9.74. The molecule has 0 fully saturated rings. The highest BCUT2D eigenvalue weighted by atomic mass is 16.2. The van der Waals surface area contributed by atoms with Crippen LogP contribution in [-0.4, -0.2) is 78.1 Å². The lowest BCUT2D eigenvalue weighted by Gasteiger charge is -2.25. The highest BCUT2D eigenvalue weighted by molar-refractivity contribution is 6.10. The molecule has 0 atom stereocenters. The smallest absolute Gasteiger partial charge is 0.271 e. The van der Waals surface area contributed by atoms with Crippen LogP contribution in [0.4, 0.5) is 23.0 Å². The molecule has 3 heterocycles. The first-order valence-corrected chi connectivity index (χ1v) is 12.5. The van der Waals surface area contributed by atoms with Crippen molar-refractivity contribution >= 4 is 39.8 Å². The second-order valence-corrected chi connectivity index (χ2v) is 9.96. The molecule has 3 N–H and O–H groups in total. The first kappa shape index (κ1) is 24.6. The van der Waals surface area contributed by atoms with E-state index in [0.717, 1.165) is 53.0 Å². The molecule has 0 aliphatic carbocycles. The van der Waals surface area contributed by atoms with Crippen molar-refractivity contribution in [2.75, 3.05) is 63.8 Å². The number of hydrogen-bond donors (Lipinski definition) is 2. The summed E-state index contributed by atoms with van der Waals surface area (Å²) in [5, 5.41) is 4.36. The van der Waals surface area contributed by atoms with Crippen LogP contribution < -0.4 is 16.0 Å². The van der Waals surface area contributed by atoms with Crippen LogP contribution in [0.5, 0.6) is 0 Å². The Hall–Kier alpha value is -4.11. The van der Waals surface area contributed by atoms with E-state index in [4.69, 9.17) is 10.7 Å². The zero-order chi connectivity index (χ0) is 26.3. The lowest BCUT2D eigenvalue weighted by molar-refractivity contribution is 0.0752. The minimum absolute atomic E-state index is 0.00293. The maximum absolute atomic E-state index is 13.2. The summed E-state index contributed by atoms with van der Waals surface area (Å²) in [6, 6.07) is 14.0. The Morgan fingerprint density at radius 1 is 1.08 bits per heavy atom. The third kappa shape index (κ3) is 4.58. The Labute approximate surface area is 217 Å². The van der Waals surface area contributed by atoms with E-state index in [9.17, 15) is 4.79 Å². The third-order valence-corrected chi connectivity index (χ3v) is 7.00. The van der Waals surface area contributed by atoms with Crippen molar-refractivity contribution in [2.45, 2.75) is 13.5 Å². The molecule has 0 unspecified atom stereocenters. The first-order chi connectivity index (χ1) is 17.7. The third-order valence-electron chi connectivity index (χ3n) is 7.00. The number of nitrogens with one attached hydrogen (secondary N) is 1. The SMILES string of the molecule is Cc1cc(N(C)CCN(C)C)c(N)cc1Nc1nccc(-c2c3n(c4ccccc24)CCN(C)C3=O)n1. The summed E-state index contributed by atoms with van der Waals surface area (Å²) in [5.74, 6) is 0.456. The fraction of sp³-hybridized carbons (Fsp3) is 0.321. The maximum Gasteiger partial charge on any atom is 0.271 e. The topological polar surface area (TPSA) is 95.5 Å². The summed E-state index contributed by atoms with van der Waals surface area (Å²) < 4.78 is 2.11. The molecule has 9 heteroatoms. The van der Waals surface area contributed by atoms with Crippen LogP contribution >= 0.6 is 0 Å². The number of rotatable bonds is 7. The van der Waals surface area contributed by atoms with Gasteiger partial charge in [0.2, 0.25) is 5.95 Å². The van der Waals surface area contributed by atoms with Gasteiger partial charge < -0.3 is 30.3 Å². The van der Waals surface area contributed by atoms with E-state index in [1.54, 1.807) is 11.1 Å². The molecule has 1 amide bonds. The van der Waals surface area contributed by atoms with Gasteiger partial charge in [0, 0.05) is 68.6 Å². The summed E-state index contributed by atoms with van der Waals surface area (Å²) >= 11 is 0. The Morgan fingerprint density at radius 2 is 1.86 bits per heavy atom. The minimum Gasteiger partial charge on any atom is -0.397 e. The number of aryl methyl sites for hydroxylation is 1. The van der Waals surface area contributed by atoms with Crippen LogP contribution in [0.3, 0.4) is 0 Å². The van der Waals surface area contributed by atoms with Gasteiger partial charge in [-0.05, 0) is 50.8 Å². The molecule has 0 spiro atoms. The minimum atomic E-state index is 0.00293. The van der Waals surface area contributed by atoms with E-state index in [2.05, 4.69) is 64.0 Å². The zero-order valence-electron chi connectivity index (χ0n) is 22.1. The first-order valence-electron chi connectivity index (χ1n) is 12.5. The maximum atomic E-state index is 13.2. The van der Waals surface area contributed by atoms with E-state index in [1.807, 2.05) is 38.2 Å². The van der Waals surface area contributed by atoms with E-state index < -0.39 is 0 Å². The number of aromatic nitrogens is 3. The molecule has 0 radical (unpaired) electrons. The molecule has 2 aromatic heterocycles. The molecule has 0 bridgehead atoms. The predicted octanol–water partition coefficient (Wildman–Crippen LogP) is 3.82. The number of likely N-dealkylation sites (N-methyl/N-ethyl adjacent to an activating group) is 3. The van der Waals surface area contributed by atoms with Crippen molar-refractivity contribution < 1.29 is 4.79 Å². The van der Waals surface area contributed by atoms with Crippen LogP contribution in [0.2, 0.25) is 0 Å². The molecule has 9 nitrogen and oxygen atoms in total. The lowest BCUT2D eigenvalue weighted by atomic mass is 10.1. The summed E-state index contributed by atoms with van der Waals surface area (Å²) in [4.78, 5) is 28.6. The molecular formula is C28H34N8O. The fourth-order valence-electron chi connectivity index (χ4n) is 4.87. The molecule has 37 heavy (non-hydrogen) atoms. The number of amides is 1. The molecule has 2 aromatic carbocycles. The number of benzene rings is 2. The standard InChI is InChI=1S/C28H34N8O/c1-18-16-24(34(4)13-12-33(2)3)20(29)17-22(18)32-28-30-11-10-21(31-28)25-19-8-6-7-9-23(19)36-15-14-35(5)27(37)26(25)36/h6-11,16-17H,12-15,29H2,1-5H3,(H,30,31,32). The highest BCUT2D eigenvalue weighted by Crippen LogP contribution is 2.37. The van der Waals surface area contributed by atoms with Crippen molar-refractivity contribution in [1.29, 1.82) is 0 Å². The normalized spacial score (nSPS) is 13.4. The number of nitrogens with zero attached hydrogens (tertiary/aromatic N) is 6. The zero-order valence-corrected chi connectivity index (χ0v) is 22.1. The molecule has 4 aromatic rings. The Kier molecular flexibility index (Phi) is 6.47. The Morgan fingerprint density at radius 3 is 2.65 bits per heavy atom. The molecule has 1 aliphatic heterocycles. The number of carbonyl (C=O) groups is 1. The van der Waals surface area contributed by atoms with Gasteiger partial charge in [-0.3, -0.25) is 4.79 Å². The van der Waals surface area contributed by atoms with Crippen LogP contribution in [0, 0.1) is 6.92 Å². The monoisotopic (exact) mass is 498 g/mol. The summed E-state index contributed by atoms with van der Waals surface area (Å²) in [5.41, 5.74) is 13.3. The van der Waals surface area contributed by atoms with Crippen LogP contribution in [0.15, 0.2) is 48.7 Å². The molecule has 1 aliphatic rings. The Balaban J connectivity index is 1.50. The second-order valence-electron chi connectivity index (χ2n) is 9.96. The van der Waals surface area contributed by atoms with Gasteiger partial charge in [0.25, 0.3) is 5.91 Å². The van der Waals surface area contributed by atoms with E-state index in [0.29, 0.717) is 29.6 Å². The van der Waals surface area contributed by atoms with Gasteiger partial charge >= 0.3 is 0 Å². The van der Waals surface area contributed by atoms with Gasteiger partial charge in [-0.25, -0.2) is 9.97 Å². The van der Waals surface area contributed by atoms with Gasteiger partial charge in [0.1, 0.15) is 5.69 Å². The van der Waals surface area contributed by atoms with Crippen molar-refractivity contribution in [3.63, 3.8) is 0 Å². The largest absolute Gasteiger partial charge is 0.397 e. The quantitative estimate of drug-likeness (QED) is 0.374. The van der Waals surface area contributed by atoms with Gasteiger partial charge in [-0.1, -0.05) is 18.2 Å². The molecular weight excluding hydrogens is 464 g/mol. The van der Waals surface area contributed by atoms with Crippen LogP contribution in [0.1, 0.15) is 16.1 Å². The van der Waals surface area contributed by atoms with Gasteiger partial charge in [-0.15, -0.1) is 0 Å². The average Bonchev–Trinajstić information content (AvgIpc) is 3.22. The summed E-state index contributed by atoms with van der Waals surface area (Å²) in [7, 11) is 8.01. The number of para-hydroxylation sites is 1. The number of hydrogen-bond acceptors (Lipinski definition) is 7. The number of anilines is 4. The molecule has 192 valence electrons. The van der Waals surface area contributed by atoms with Crippen molar-refractivity contribution in [2.24, 2.45) is 0 Å². The summed E-state index contributed by atoms with van der Waals surface area (Å²) in [6.07, 6.45) is 1.72.